The van der Waals surface area contributed by atoms with Crippen LogP contribution in [0.3, 0.4) is 0 Å². The number of hydrogen-bond acceptors (Lipinski definition) is 4. The molecule has 2 unspecified atom stereocenters. The molecule has 1 saturated carbocycles. The first-order valence-corrected chi connectivity index (χ1v) is 6.56. The zero-order chi connectivity index (χ0) is 12.5. The smallest absolute Gasteiger partial charge is 0.228 e. The van der Waals surface area contributed by atoms with Crippen LogP contribution < -0.4 is 5.32 Å². The minimum atomic E-state index is 0.368. The molecule has 17 heavy (non-hydrogen) atoms. The van der Waals surface area contributed by atoms with Crippen molar-refractivity contribution in [2.24, 2.45) is 5.41 Å². The van der Waals surface area contributed by atoms with Crippen molar-refractivity contribution >= 4 is 0 Å². The van der Waals surface area contributed by atoms with Gasteiger partial charge in [-0.3, -0.25) is 0 Å². The summed E-state index contributed by atoms with van der Waals surface area (Å²) in [5, 5.41) is 7.40. The van der Waals surface area contributed by atoms with E-state index in [1.54, 1.807) is 0 Å². The van der Waals surface area contributed by atoms with Gasteiger partial charge in [0, 0.05) is 18.4 Å². The van der Waals surface area contributed by atoms with Crippen molar-refractivity contribution in [3.8, 4) is 0 Å². The Morgan fingerprint density at radius 2 is 2.24 bits per heavy atom. The molecular formula is C13H23N3O. The minimum Gasteiger partial charge on any atom is -0.339 e. The summed E-state index contributed by atoms with van der Waals surface area (Å²) in [7, 11) is 1.99. The lowest BCUT2D eigenvalue weighted by atomic mass is 10.1. The average molecular weight is 237 g/mol. The SMILES string of the molecule is CCCC(Cc1nc(C2CC2(C)C)no1)NC. The van der Waals surface area contributed by atoms with Crippen molar-refractivity contribution in [3.63, 3.8) is 0 Å². The quantitative estimate of drug-likeness (QED) is 0.826. The van der Waals surface area contributed by atoms with Gasteiger partial charge in [0.1, 0.15) is 0 Å². The molecule has 0 spiro atoms. The van der Waals surface area contributed by atoms with E-state index >= 15 is 0 Å². The van der Waals surface area contributed by atoms with Crippen LogP contribution in [-0.2, 0) is 6.42 Å². The normalized spacial score (nSPS) is 23.6. The van der Waals surface area contributed by atoms with E-state index in [0.29, 0.717) is 17.4 Å². The molecule has 0 radical (unpaired) electrons. The summed E-state index contributed by atoms with van der Waals surface area (Å²) in [5.41, 5.74) is 0.368. The third kappa shape index (κ3) is 2.86. The first kappa shape index (κ1) is 12.6. The molecule has 1 aromatic heterocycles. The second-order valence-electron chi connectivity index (χ2n) is 5.77. The van der Waals surface area contributed by atoms with Gasteiger partial charge in [0.25, 0.3) is 0 Å². The zero-order valence-electron chi connectivity index (χ0n) is 11.3. The second-order valence-corrected chi connectivity index (χ2v) is 5.77. The highest BCUT2D eigenvalue weighted by molar-refractivity contribution is 5.14. The summed E-state index contributed by atoms with van der Waals surface area (Å²) >= 11 is 0. The van der Waals surface area contributed by atoms with Crippen LogP contribution >= 0.6 is 0 Å². The number of aromatic nitrogens is 2. The molecule has 0 aromatic carbocycles. The lowest BCUT2D eigenvalue weighted by Gasteiger charge is -2.11. The molecule has 1 heterocycles. The van der Waals surface area contributed by atoms with Crippen LogP contribution in [0.5, 0.6) is 0 Å². The first-order chi connectivity index (χ1) is 8.06. The monoisotopic (exact) mass is 237 g/mol. The van der Waals surface area contributed by atoms with Crippen molar-refractivity contribution in [3.05, 3.63) is 11.7 Å². The van der Waals surface area contributed by atoms with Gasteiger partial charge in [-0.05, 0) is 25.3 Å². The van der Waals surface area contributed by atoms with Crippen molar-refractivity contribution in [2.45, 2.75) is 58.4 Å². The Kier molecular flexibility index (Phi) is 3.52. The molecular weight excluding hydrogens is 214 g/mol. The highest BCUT2D eigenvalue weighted by Crippen LogP contribution is 2.57. The standard InChI is InChI=1S/C13H23N3O/c1-5-6-9(14-4)7-11-15-12(16-17-11)10-8-13(10,2)3/h9-10,14H,5-8H2,1-4H3. The molecule has 2 atom stereocenters. The lowest BCUT2D eigenvalue weighted by molar-refractivity contribution is 0.351. The third-order valence-electron chi connectivity index (χ3n) is 3.78. The summed E-state index contributed by atoms with van der Waals surface area (Å²) in [6, 6.07) is 0.445. The predicted octanol–water partition coefficient (Wildman–Crippen LogP) is 2.51. The number of likely N-dealkylation sites (N-methyl/N-ethyl adjacent to an activating group) is 1. The van der Waals surface area contributed by atoms with Crippen molar-refractivity contribution in [1.82, 2.24) is 15.5 Å². The Morgan fingerprint density at radius 3 is 2.76 bits per heavy atom. The molecule has 2 rings (SSSR count). The van der Waals surface area contributed by atoms with Gasteiger partial charge in [0.15, 0.2) is 5.82 Å². The molecule has 0 bridgehead atoms. The van der Waals surface area contributed by atoms with Gasteiger partial charge >= 0.3 is 0 Å². The van der Waals surface area contributed by atoms with Gasteiger partial charge in [-0.2, -0.15) is 4.98 Å². The van der Waals surface area contributed by atoms with Crippen LogP contribution in [-0.4, -0.2) is 23.2 Å². The molecule has 1 fully saturated rings. The molecule has 0 aliphatic heterocycles. The van der Waals surface area contributed by atoms with Crippen LogP contribution in [0, 0.1) is 5.41 Å². The zero-order valence-corrected chi connectivity index (χ0v) is 11.3. The van der Waals surface area contributed by atoms with Gasteiger partial charge in [-0.25, -0.2) is 0 Å². The van der Waals surface area contributed by atoms with Gasteiger partial charge < -0.3 is 9.84 Å². The Morgan fingerprint density at radius 1 is 1.53 bits per heavy atom. The summed E-state index contributed by atoms with van der Waals surface area (Å²) in [6.45, 7) is 6.69. The molecule has 4 heteroatoms. The van der Waals surface area contributed by atoms with Gasteiger partial charge in [0.2, 0.25) is 5.89 Å². The Labute approximate surface area is 103 Å². The third-order valence-corrected chi connectivity index (χ3v) is 3.78. The van der Waals surface area contributed by atoms with Crippen LogP contribution in [0.1, 0.15) is 57.7 Å². The van der Waals surface area contributed by atoms with Crippen molar-refractivity contribution < 1.29 is 4.52 Å². The lowest BCUT2D eigenvalue weighted by Crippen LogP contribution is -2.27. The molecule has 1 aliphatic carbocycles. The maximum Gasteiger partial charge on any atom is 0.228 e. The number of hydrogen-bond donors (Lipinski definition) is 1. The summed E-state index contributed by atoms with van der Waals surface area (Å²) < 4.78 is 5.34. The summed E-state index contributed by atoms with van der Waals surface area (Å²) in [4.78, 5) is 4.52. The largest absolute Gasteiger partial charge is 0.339 e. The van der Waals surface area contributed by atoms with Crippen LogP contribution in [0.25, 0.3) is 0 Å². The molecule has 1 aliphatic rings. The Bertz CT molecular complexity index is 372. The minimum absolute atomic E-state index is 0.368. The Hall–Kier alpha value is -0.900. The highest BCUT2D eigenvalue weighted by Gasteiger charge is 2.49. The number of rotatable bonds is 6. The molecule has 1 aromatic rings. The van der Waals surface area contributed by atoms with Crippen molar-refractivity contribution in [2.75, 3.05) is 7.05 Å². The van der Waals surface area contributed by atoms with E-state index < -0.39 is 0 Å². The van der Waals surface area contributed by atoms with Crippen molar-refractivity contribution in [1.29, 1.82) is 0 Å². The van der Waals surface area contributed by atoms with Gasteiger partial charge in [-0.15, -0.1) is 0 Å². The van der Waals surface area contributed by atoms with E-state index in [1.165, 1.54) is 12.8 Å². The van der Waals surface area contributed by atoms with Crippen LogP contribution in [0.4, 0.5) is 0 Å². The first-order valence-electron chi connectivity index (χ1n) is 6.56. The number of nitrogens with one attached hydrogen (secondary N) is 1. The maximum absolute atomic E-state index is 5.34. The van der Waals surface area contributed by atoms with E-state index in [1.807, 2.05) is 7.05 Å². The van der Waals surface area contributed by atoms with E-state index in [0.717, 1.165) is 24.6 Å². The molecule has 0 amide bonds. The maximum atomic E-state index is 5.34. The predicted molar refractivity (Wildman–Crippen MR) is 66.9 cm³/mol. The van der Waals surface area contributed by atoms with E-state index in [9.17, 15) is 0 Å². The Balaban J connectivity index is 1.94. The topological polar surface area (TPSA) is 51.0 Å². The van der Waals surface area contributed by atoms with Gasteiger partial charge in [0.05, 0.1) is 0 Å². The van der Waals surface area contributed by atoms with Crippen LogP contribution in [0.15, 0.2) is 4.52 Å². The summed E-state index contributed by atoms with van der Waals surface area (Å²) in [5.74, 6) is 2.17. The van der Waals surface area contributed by atoms with E-state index in [-0.39, 0.29) is 0 Å². The second kappa shape index (κ2) is 4.77. The fraction of sp³-hybridized carbons (Fsp3) is 0.846. The fourth-order valence-electron chi connectivity index (χ4n) is 2.31. The van der Waals surface area contributed by atoms with Crippen LogP contribution in [0.2, 0.25) is 0 Å². The van der Waals surface area contributed by atoms with E-state index in [4.69, 9.17) is 4.52 Å². The average Bonchev–Trinajstić information content (AvgIpc) is 2.74. The molecule has 4 nitrogen and oxygen atoms in total. The fourth-order valence-corrected chi connectivity index (χ4v) is 2.31. The molecule has 1 N–H and O–H groups in total. The van der Waals surface area contributed by atoms with Gasteiger partial charge in [-0.1, -0.05) is 32.3 Å². The molecule has 0 saturated heterocycles. The van der Waals surface area contributed by atoms with E-state index in [2.05, 4.69) is 36.2 Å². The summed E-state index contributed by atoms with van der Waals surface area (Å²) in [6.07, 6.45) is 4.33. The highest BCUT2D eigenvalue weighted by atomic mass is 16.5. The molecule has 96 valence electrons. The number of nitrogens with zero attached hydrogens (tertiary/aromatic N) is 2.